The molecule has 2 aromatic carbocycles. The number of aromatic amines is 1. The van der Waals surface area contributed by atoms with Gasteiger partial charge in [-0.15, -0.1) is 0 Å². The summed E-state index contributed by atoms with van der Waals surface area (Å²) in [4.78, 5) is 29.6. The number of fused-ring (bicyclic) bond motifs is 1. The molecule has 1 aromatic heterocycles. The number of H-pyrrole nitrogens is 1. The second-order valence-corrected chi connectivity index (χ2v) is 7.01. The number of Topliss-reactive ketones (excluding diaryl/α,β-unsaturated/α-hetero) is 1. The third-order valence-corrected chi connectivity index (χ3v) is 4.71. The van der Waals surface area contributed by atoms with Gasteiger partial charge >= 0.3 is 5.97 Å². The number of esters is 1. The van der Waals surface area contributed by atoms with Crippen LogP contribution in [0.1, 0.15) is 27.8 Å². The predicted octanol–water partition coefficient (Wildman–Crippen LogP) is 5.11. The number of ether oxygens (including phenoxy) is 1. The lowest BCUT2D eigenvalue weighted by atomic mass is 10.1. The van der Waals surface area contributed by atoms with Crippen LogP contribution in [0.5, 0.6) is 0 Å². The molecule has 0 saturated heterocycles. The van der Waals surface area contributed by atoms with Gasteiger partial charge in [-0.2, -0.15) is 0 Å². The molecule has 28 heavy (non-hydrogen) atoms. The number of anilines is 1. The molecule has 0 fully saturated rings. The van der Waals surface area contributed by atoms with Gasteiger partial charge in [0.2, 0.25) is 0 Å². The minimum Gasteiger partial charge on any atom is -0.461 e. The van der Waals surface area contributed by atoms with Gasteiger partial charge in [0.25, 0.3) is 0 Å². The van der Waals surface area contributed by atoms with E-state index in [0.717, 1.165) is 0 Å². The molecule has 3 rings (SSSR count). The Balaban J connectivity index is 2.04. The topological polar surface area (TPSA) is 62.4 Å². The van der Waals surface area contributed by atoms with Crippen molar-refractivity contribution >= 4 is 51.5 Å². The summed E-state index contributed by atoms with van der Waals surface area (Å²) in [5.41, 5.74) is 1.53. The van der Waals surface area contributed by atoms with E-state index in [1.807, 2.05) is 0 Å². The number of hydrogen-bond donors (Lipinski definition) is 1. The van der Waals surface area contributed by atoms with Crippen molar-refractivity contribution in [3.05, 3.63) is 63.5 Å². The number of halogens is 3. The Bertz CT molecular complexity index is 1050. The van der Waals surface area contributed by atoms with Crippen molar-refractivity contribution in [2.75, 3.05) is 25.1 Å². The van der Waals surface area contributed by atoms with Crippen LogP contribution in [0.3, 0.4) is 0 Å². The molecule has 0 bridgehead atoms. The minimum absolute atomic E-state index is 0.0516. The van der Waals surface area contributed by atoms with E-state index in [4.69, 9.17) is 27.9 Å². The molecular formula is C20H17Cl2FN2O3. The lowest BCUT2D eigenvalue weighted by Gasteiger charge is -2.19. The molecule has 0 unspecified atom stereocenters. The number of carbonyl (C=O) groups excluding carboxylic acids is 2. The second-order valence-electron chi connectivity index (χ2n) is 6.17. The van der Waals surface area contributed by atoms with Crippen molar-refractivity contribution in [1.82, 2.24) is 4.98 Å². The van der Waals surface area contributed by atoms with E-state index in [9.17, 15) is 14.0 Å². The molecule has 5 nitrogen and oxygen atoms in total. The Morgan fingerprint density at radius 1 is 1.18 bits per heavy atom. The van der Waals surface area contributed by atoms with Crippen LogP contribution in [0, 0.1) is 5.82 Å². The minimum atomic E-state index is -0.568. The van der Waals surface area contributed by atoms with Gasteiger partial charge in [-0.25, -0.2) is 9.18 Å². The van der Waals surface area contributed by atoms with E-state index in [-0.39, 0.29) is 24.6 Å². The van der Waals surface area contributed by atoms with Gasteiger partial charge < -0.3 is 14.6 Å². The zero-order chi connectivity index (χ0) is 20.4. The van der Waals surface area contributed by atoms with Gasteiger partial charge in [0.05, 0.1) is 29.4 Å². The van der Waals surface area contributed by atoms with Crippen LogP contribution in [0.4, 0.5) is 10.1 Å². The Kier molecular flexibility index (Phi) is 5.91. The predicted molar refractivity (Wildman–Crippen MR) is 108 cm³/mol. The first-order chi connectivity index (χ1) is 13.3. The molecule has 1 N–H and O–H groups in total. The van der Waals surface area contributed by atoms with E-state index < -0.39 is 11.8 Å². The molecule has 8 heteroatoms. The number of ketones is 1. The summed E-state index contributed by atoms with van der Waals surface area (Å²) in [6.45, 7) is 1.84. The molecule has 0 aliphatic carbocycles. The number of nitrogens with one attached hydrogen (secondary N) is 1. The fraction of sp³-hybridized carbons (Fsp3) is 0.200. The largest absolute Gasteiger partial charge is 0.461 e. The molecule has 0 amide bonds. The summed E-state index contributed by atoms with van der Waals surface area (Å²) in [5.74, 6) is -1.23. The van der Waals surface area contributed by atoms with Crippen molar-refractivity contribution in [2.45, 2.75) is 6.92 Å². The Morgan fingerprint density at radius 2 is 1.86 bits per heavy atom. The normalized spacial score (nSPS) is 10.9. The monoisotopic (exact) mass is 422 g/mol. The van der Waals surface area contributed by atoms with Crippen LogP contribution in [0.2, 0.25) is 10.0 Å². The summed E-state index contributed by atoms with van der Waals surface area (Å²) >= 11 is 12.4. The highest BCUT2D eigenvalue weighted by Crippen LogP contribution is 2.38. The summed E-state index contributed by atoms with van der Waals surface area (Å²) in [5, 5.41) is 1.31. The number of nitrogens with zero attached hydrogens (tertiary/aromatic N) is 1. The van der Waals surface area contributed by atoms with Crippen molar-refractivity contribution in [3.8, 4) is 0 Å². The fourth-order valence-electron chi connectivity index (χ4n) is 2.99. The maximum Gasteiger partial charge on any atom is 0.356 e. The number of rotatable bonds is 6. The van der Waals surface area contributed by atoms with Crippen LogP contribution < -0.4 is 4.90 Å². The molecule has 0 aliphatic heterocycles. The van der Waals surface area contributed by atoms with Crippen molar-refractivity contribution in [1.29, 1.82) is 0 Å². The Hall–Kier alpha value is -2.57. The van der Waals surface area contributed by atoms with Crippen LogP contribution >= 0.6 is 23.2 Å². The highest BCUT2D eigenvalue weighted by Gasteiger charge is 2.25. The molecule has 0 atom stereocenters. The number of benzene rings is 2. The molecular weight excluding hydrogens is 406 g/mol. The molecule has 3 aromatic rings. The number of carbonyl (C=O) groups is 2. The highest BCUT2D eigenvalue weighted by atomic mass is 35.5. The van der Waals surface area contributed by atoms with Gasteiger partial charge in [-0.1, -0.05) is 23.2 Å². The smallest absolute Gasteiger partial charge is 0.356 e. The van der Waals surface area contributed by atoms with E-state index >= 15 is 0 Å². The van der Waals surface area contributed by atoms with E-state index in [1.54, 1.807) is 31.0 Å². The van der Waals surface area contributed by atoms with E-state index in [2.05, 4.69) is 4.98 Å². The summed E-state index contributed by atoms with van der Waals surface area (Å²) in [6.07, 6.45) is 0. The molecule has 0 radical (unpaired) electrons. The zero-order valence-electron chi connectivity index (χ0n) is 15.2. The fourth-order valence-corrected chi connectivity index (χ4v) is 3.57. The van der Waals surface area contributed by atoms with Crippen LogP contribution in [-0.2, 0) is 4.74 Å². The molecule has 1 heterocycles. The zero-order valence-corrected chi connectivity index (χ0v) is 16.7. The first kappa shape index (κ1) is 20.2. The molecule has 0 saturated carbocycles. The maximum atomic E-state index is 13.1. The van der Waals surface area contributed by atoms with E-state index in [0.29, 0.717) is 32.2 Å². The number of likely N-dealkylation sites (N-methyl/N-ethyl adjacent to an activating group) is 1. The van der Waals surface area contributed by atoms with Gasteiger partial charge in [-0.05, 0) is 43.3 Å². The summed E-state index contributed by atoms with van der Waals surface area (Å²) in [7, 11) is 1.66. The van der Waals surface area contributed by atoms with Gasteiger partial charge in [0, 0.05) is 23.0 Å². The SMILES string of the molecule is CCOC(=O)c1[nH]c2cc(Cl)cc(Cl)c2c1N(C)CC(=O)c1ccc(F)cc1. The lowest BCUT2D eigenvalue weighted by molar-refractivity contribution is 0.0521. The van der Waals surface area contributed by atoms with Gasteiger partial charge in [0.15, 0.2) is 5.78 Å². The average Bonchev–Trinajstić information content (AvgIpc) is 3.02. The van der Waals surface area contributed by atoms with Gasteiger partial charge in [-0.3, -0.25) is 4.79 Å². The van der Waals surface area contributed by atoms with Crippen LogP contribution in [0.25, 0.3) is 10.9 Å². The molecule has 0 aliphatic rings. The van der Waals surface area contributed by atoms with Crippen LogP contribution in [-0.4, -0.2) is 36.9 Å². The van der Waals surface area contributed by atoms with E-state index in [1.165, 1.54) is 24.3 Å². The quantitative estimate of drug-likeness (QED) is 0.442. The average molecular weight is 423 g/mol. The highest BCUT2D eigenvalue weighted by molar-refractivity contribution is 6.40. The third kappa shape index (κ3) is 3.98. The standard InChI is InChI=1S/C20H17Cl2FN2O3/c1-3-28-20(27)18-19(17-14(22)8-12(21)9-15(17)24-18)25(2)10-16(26)11-4-6-13(23)7-5-11/h4-9,24H,3,10H2,1-2H3. The molecule has 146 valence electrons. The van der Waals surface area contributed by atoms with Gasteiger partial charge in [0.1, 0.15) is 11.5 Å². The Labute approximate surface area is 171 Å². The van der Waals surface area contributed by atoms with Crippen LogP contribution in [0.15, 0.2) is 36.4 Å². The summed E-state index contributed by atoms with van der Waals surface area (Å²) < 4.78 is 18.2. The third-order valence-electron chi connectivity index (χ3n) is 4.20. The lowest BCUT2D eigenvalue weighted by Crippen LogP contribution is -2.27. The van der Waals surface area contributed by atoms with Crippen molar-refractivity contribution in [3.63, 3.8) is 0 Å². The summed E-state index contributed by atoms with van der Waals surface area (Å²) in [6, 6.07) is 8.49. The number of hydrogen-bond acceptors (Lipinski definition) is 4. The van der Waals surface area contributed by atoms with Crippen molar-refractivity contribution < 1.29 is 18.7 Å². The van der Waals surface area contributed by atoms with Crippen molar-refractivity contribution in [2.24, 2.45) is 0 Å². The first-order valence-electron chi connectivity index (χ1n) is 8.49. The maximum absolute atomic E-state index is 13.1. The molecule has 0 spiro atoms. The first-order valence-corrected chi connectivity index (χ1v) is 9.25. The second kappa shape index (κ2) is 8.20. The Morgan fingerprint density at radius 3 is 2.50 bits per heavy atom. The number of aromatic nitrogens is 1.